The van der Waals surface area contributed by atoms with E-state index in [1.165, 1.54) is 11.3 Å². The van der Waals surface area contributed by atoms with Gasteiger partial charge in [0.15, 0.2) is 11.3 Å². The van der Waals surface area contributed by atoms with Gasteiger partial charge in [-0.05, 0) is 26.8 Å². The van der Waals surface area contributed by atoms with Crippen LogP contribution in [0, 0.1) is 6.92 Å². The third-order valence-corrected chi connectivity index (χ3v) is 7.49. The lowest BCUT2D eigenvalue weighted by Crippen LogP contribution is -2.44. The highest BCUT2D eigenvalue weighted by Gasteiger charge is 2.41. The number of hydrogen-bond acceptors (Lipinski definition) is 10. The van der Waals surface area contributed by atoms with Crippen LogP contribution in [0.15, 0.2) is 16.3 Å². The van der Waals surface area contributed by atoms with Crippen LogP contribution in [-0.2, 0) is 14.3 Å². The molecule has 1 atom stereocenters. The minimum absolute atomic E-state index is 0.00562. The summed E-state index contributed by atoms with van der Waals surface area (Å²) in [5, 5.41) is 6.40. The van der Waals surface area contributed by atoms with Crippen LogP contribution in [0.2, 0.25) is 0 Å². The number of ether oxygens (including phenoxy) is 1. The number of Topliss-reactive ketones (excluding diaryl/α,β-unsaturated/α-hetero) is 1. The summed E-state index contributed by atoms with van der Waals surface area (Å²) in [6.07, 6.45) is -4.19. The number of hydrogen-bond donors (Lipinski definition) is 2. The molecule has 1 unspecified atom stereocenters. The summed E-state index contributed by atoms with van der Waals surface area (Å²) in [6, 6.07) is 0. The first-order chi connectivity index (χ1) is 17.6. The first-order valence-electron chi connectivity index (χ1n) is 12.3. The number of likely N-dealkylation sites (N-methyl/N-ethyl adjacent to an activating group) is 1. The summed E-state index contributed by atoms with van der Waals surface area (Å²) in [5.74, 6) is -0.513. The van der Waals surface area contributed by atoms with Crippen LogP contribution in [0.5, 0.6) is 0 Å². The second kappa shape index (κ2) is 11.8. The van der Waals surface area contributed by atoms with Gasteiger partial charge >= 0.3 is 6.18 Å². The van der Waals surface area contributed by atoms with Crippen molar-refractivity contribution >= 4 is 40.2 Å². The largest absolute Gasteiger partial charge is 0.419 e. The molecule has 10 nitrogen and oxygen atoms in total. The monoisotopic (exact) mass is 543 g/mol. The minimum atomic E-state index is -4.74. The normalized spacial score (nSPS) is 22.0. The quantitative estimate of drug-likeness (QED) is 0.478. The van der Waals surface area contributed by atoms with Crippen molar-refractivity contribution in [3.05, 3.63) is 16.1 Å². The predicted molar refractivity (Wildman–Crippen MR) is 135 cm³/mol. The molecule has 2 N–H and O–H groups in total. The highest BCUT2D eigenvalue weighted by atomic mass is 32.1. The van der Waals surface area contributed by atoms with Gasteiger partial charge in [-0.3, -0.25) is 14.6 Å². The highest BCUT2D eigenvalue weighted by molar-refractivity contribution is 7.16. The third-order valence-electron chi connectivity index (χ3n) is 6.46. The van der Waals surface area contributed by atoms with Gasteiger partial charge in [-0.2, -0.15) is 13.2 Å². The van der Waals surface area contributed by atoms with E-state index in [-0.39, 0.29) is 19.1 Å². The molecular formula is C23H32F3N7O3S. The number of ketones is 1. The van der Waals surface area contributed by atoms with E-state index in [1.54, 1.807) is 4.90 Å². The number of thiazole rings is 1. The number of nitrogens with zero attached hydrogens (tertiary/aromatic N) is 5. The molecule has 4 heterocycles. The number of piperazine rings is 1. The topological polar surface area (TPSA) is 102 Å². The molecule has 1 amide bonds. The van der Waals surface area contributed by atoms with Crippen LogP contribution in [0.4, 0.5) is 24.1 Å². The average Bonchev–Trinajstić information content (AvgIpc) is 3.08. The maximum atomic E-state index is 13.7. The van der Waals surface area contributed by atoms with E-state index in [0.717, 1.165) is 36.2 Å². The molecule has 2 fully saturated rings. The summed E-state index contributed by atoms with van der Waals surface area (Å²) >= 11 is 1.47. The molecule has 3 aliphatic heterocycles. The fraction of sp³-hybridized carbons (Fsp3) is 0.652. The van der Waals surface area contributed by atoms with Crippen molar-refractivity contribution in [2.75, 3.05) is 76.3 Å². The molecule has 1 aromatic heterocycles. The van der Waals surface area contributed by atoms with E-state index in [2.05, 4.69) is 37.5 Å². The molecule has 1 aromatic rings. The number of carbonyl (C=O) groups is 2. The lowest BCUT2D eigenvalue weighted by molar-refractivity contribution is -0.133. The number of aliphatic imine (C=N–C) groups is 1. The molecule has 0 radical (unpaired) electrons. The number of allylic oxidation sites excluding steroid dienone is 1. The maximum absolute atomic E-state index is 13.7. The van der Waals surface area contributed by atoms with Crippen molar-refractivity contribution in [2.24, 2.45) is 4.99 Å². The molecule has 3 aliphatic rings. The number of alkyl halides is 3. The van der Waals surface area contributed by atoms with Crippen LogP contribution in [0.1, 0.15) is 17.7 Å². The Kier molecular flexibility index (Phi) is 8.70. The second-order valence-corrected chi connectivity index (χ2v) is 10.4. The van der Waals surface area contributed by atoms with Crippen LogP contribution < -0.4 is 15.5 Å². The van der Waals surface area contributed by atoms with Crippen LogP contribution in [0.3, 0.4) is 0 Å². The van der Waals surface area contributed by atoms with Gasteiger partial charge in [0.05, 0.1) is 5.70 Å². The third kappa shape index (κ3) is 6.79. The predicted octanol–water partition coefficient (Wildman–Crippen LogP) is 1.64. The second-order valence-electron chi connectivity index (χ2n) is 9.23. The van der Waals surface area contributed by atoms with Gasteiger partial charge in [0.25, 0.3) is 0 Å². The lowest BCUT2D eigenvalue weighted by atomic mass is 10.1. The zero-order valence-corrected chi connectivity index (χ0v) is 21.8. The molecule has 0 saturated carbocycles. The van der Waals surface area contributed by atoms with Crippen LogP contribution in [0.25, 0.3) is 0 Å². The van der Waals surface area contributed by atoms with Crippen molar-refractivity contribution in [3.8, 4) is 0 Å². The number of carbonyl (C=O) groups excluding carboxylic acids is 2. The Hall–Kier alpha value is -2.71. The Bertz CT molecular complexity index is 1050. The molecular weight excluding hydrogens is 511 g/mol. The van der Waals surface area contributed by atoms with Crippen LogP contribution >= 0.6 is 11.3 Å². The maximum Gasteiger partial charge on any atom is 0.419 e. The number of aryl methyl sites for hydroxylation is 1. The Morgan fingerprint density at radius 3 is 2.68 bits per heavy atom. The van der Waals surface area contributed by atoms with Crippen molar-refractivity contribution < 1.29 is 27.5 Å². The van der Waals surface area contributed by atoms with Crippen molar-refractivity contribution in [1.29, 1.82) is 0 Å². The number of halogens is 3. The fourth-order valence-electron chi connectivity index (χ4n) is 4.28. The molecule has 4 rings (SSSR count). The lowest BCUT2D eigenvalue weighted by Gasteiger charge is -2.32. The summed E-state index contributed by atoms with van der Waals surface area (Å²) < 4.78 is 46.2. The van der Waals surface area contributed by atoms with Gasteiger partial charge < -0.3 is 30.1 Å². The van der Waals surface area contributed by atoms with E-state index >= 15 is 0 Å². The number of amides is 1. The SMILES string of the molecule is Cc1sc(N2CCN(C)CC2)nc1NC1N=CC(C(F)(F)F)=C(NCCCN2CCCOCC2=O)C1=O. The fourth-order valence-corrected chi connectivity index (χ4v) is 5.21. The summed E-state index contributed by atoms with van der Waals surface area (Å²) in [7, 11) is 2.06. The van der Waals surface area contributed by atoms with E-state index < -0.39 is 29.4 Å². The van der Waals surface area contributed by atoms with Crippen molar-refractivity contribution in [1.82, 2.24) is 20.1 Å². The highest BCUT2D eigenvalue weighted by Crippen LogP contribution is 2.32. The Labute approximate surface area is 217 Å². The molecule has 14 heteroatoms. The average molecular weight is 544 g/mol. The van der Waals surface area contributed by atoms with Crippen molar-refractivity contribution in [3.63, 3.8) is 0 Å². The van der Waals surface area contributed by atoms with Gasteiger partial charge in [-0.1, -0.05) is 11.3 Å². The summed E-state index contributed by atoms with van der Waals surface area (Å²) in [4.78, 5) is 40.5. The first-order valence-corrected chi connectivity index (χ1v) is 13.1. The first kappa shape index (κ1) is 27.3. The number of rotatable bonds is 8. The molecule has 0 aliphatic carbocycles. The molecule has 37 heavy (non-hydrogen) atoms. The Morgan fingerprint density at radius 1 is 1.19 bits per heavy atom. The number of aromatic nitrogens is 1. The van der Waals surface area contributed by atoms with Gasteiger partial charge in [0, 0.05) is 63.5 Å². The van der Waals surface area contributed by atoms with E-state index in [1.807, 2.05) is 6.92 Å². The minimum Gasteiger partial charge on any atom is -0.381 e. The zero-order valence-electron chi connectivity index (χ0n) is 20.9. The zero-order chi connectivity index (χ0) is 26.6. The number of nitrogens with one attached hydrogen (secondary N) is 2. The molecule has 0 spiro atoms. The molecule has 0 bridgehead atoms. The molecule has 204 valence electrons. The van der Waals surface area contributed by atoms with Crippen molar-refractivity contribution in [2.45, 2.75) is 32.1 Å². The van der Waals surface area contributed by atoms with E-state index in [0.29, 0.717) is 44.6 Å². The molecule has 2 saturated heterocycles. The van der Waals surface area contributed by atoms with E-state index in [9.17, 15) is 22.8 Å². The Morgan fingerprint density at radius 2 is 1.95 bits per heavy atom. The van der Waals surface area contributed by atoms with Crippen LogP contribution in [-0.4, -0.2) is 111 Å². The summed E-state index contributed by atoms with van der Waals surface area (Å²) in [6.45, 7) is 6.81. The smallest absolute Gasteiger partial charge is 0.381 e. The summed E-state index contributed by atoms with van der Waals surface area (Å²) in [5.41, 5.74) is -1.64. The van der Waals surface area contributed by atoms with E-state index in [4.69, 9.17) is 4.74 Å². The van der Waals surface area contributed by atoms with Gasteiger partial charge in [0.1, 0.15) is 18.0 Å². The number of anilines is 2. The van der Waals surface area contributed by atoms with Gasteiger partial charge in [-0.15, -0.1) is 0 Å². The number of dihydropyridines is 1. The Balaban J connectivity index is 1.40. The standard InChI is InChI=1S/C23H32F3N7O3S/c1-15-20(30-22(37-15)33-10-8-31(2)9-11-33)29-21-19(35)18(16(13-28-21)23(24,25)26)27-5-3-6-32-7-4-12-36-14-17(32)34/h13,21,27,29H,3-12,14H2,1-2H3. The van der Waals surface area contributed by atoms with Gasteiger partial charge in [0.2, 0.25) is 11.7 Å². The van der Waals surface area contributed by atoms with Gasteiger partial charge in [-0.25, -0.2) is 4.98 Å². The molecule has 0 aromatic carbocycles.